The smallest absolute Gasteiger partial charge is 0.238 e. The largest absolute Gasteiger partial charge is 0.257 e. The SMILES string of the molecule is CCCSc1nnc(NS(=O)(=O)Cc2cccc(Cl)c2)s1. The van der Waals surface area contributed by atoms with Crippen molar-refractivity contribution in [3.8, 4) is 0 Å². The van der Waals surface area contributed by atoms with Crippen LogP contribution in [0.5, 0.6) is 0 Å². The van der Waals surface area contributed by atoms with Crippen molar-refractivity contribution in [1.29, 1.82) is 0 Å². The van der Waals surface area contributed by atoms with Crippen molar-refractivity contribution in [2.75, 3.05) is 10.5 Å². The molecular formula is C12H14ClN3O2S3. The van der Waals surface area contributed by atoms with E-state index < -0.39 is 10.0 Å². The molecule has 0 saturated heterocycles. The molecule has 0 fully saturated rings. The highest BCUT2D eigenvalue weighted by atomic mass is 35.5. The van der Waals surface area contributed by atoms with Crippen molar-refractivity contribution in [3.05, 3.63) is 34.9 Å². The van der Waals surface area contributed by atoms with Gasteiger partial charge in [0.05, 0.1) is 5.75 Å². The summed E-state index contributed by atoms with van der Waals surface area (Å²) in [5, 5.41) is 8.59. The van der Waals surface area contributed by atoms with Gasteiger partial charge in [0.25, 0.3) is 0 Å². The third-order valence-corrected chi connectivity index (χ3v) is 6.08. The van der Waals surface area contributed by atoms with E-state index >= 15 is 0 Å². The average Bonchev–Trinajstić information content (AvgIpc) is 2.82. The lowest BCUT2D eigenvalue weighted by atomic mass is 10.2. The Morgan fingerprint density at radius 2 is 2.19 bits per heavy atom. The molecule has 2 aromatic rings. The van der Waals surface area contributed by atoms with Gasteiger partial charge in [-0.3, -0.25) is 4.72 Å². The number of anilines is 1. The van der Waals surface area contributed by atoms with Gasteiger partial charge in [0.15, 0.2) is 4.34 Å². The molecule has 0 aliphatic rings. The fourth-order valence-corrected chi connectivity index (χ4v) is 4.80. The standard InChI is InChI=1S/C12H14ClN3O2S3/c1-2-6-19-12-15-14-11(20-12)16-21(17,18)8-9-4-3-5-10(13)7-9/h3-5,7H,2,6,8H2,1H3,(H,14,16). The molecule has 5 nitrogen and oxygen atoms in total. The van der Waals surface area contributed by atoms with Crippen LogP contribution >= 0.6 is 34.7 Å². The second kappa shape index (κ2) is 7.44. The molecule has 1 aromatic heterocycles. The van der Waals surface area contributed by atoms with E-state index in [9.17, 15) is 8.42 Å². The van der Waals surface area contributed by atoms with E-state index in [4.69, 9.17) is 11.6 Å². The number of benzene rings is 1. The van der Waals surface area contributed by atoms with Crippen LogP contribution in [0.4, 0.5) is 5.13 Å². The summed E-state index contributed by atoms with van der Waals surface area (Å²) in [5.74, 6) is 0.786. The summed E-state index contributed by atoms with van der Waals surface area (Å²) < 4.78 is 27.4. The summed E-state index contributed by atoms with van der Waals surface area (Å²) in [6.45, 7) is 2.07. The van der Waals surface area contributed by atoms with E-state index in [1.807, 2.05) is 0 Å². The van der Waals surface area contributed by atoms with Gasteiger partial charge < -0.3 is 0 Å². The van der Waals surface area contributed by atoms with Crippen LogP contribution < -0.4 is 4.72 Å². The van der Waals surface area contributed by atoms with Crippen molar-refractivity contribution >= 4 is 49.9 Å². The molecule has 0 radical (unpaired) electrons. The monoisotopic (exact) mass is 363 g/mol. The lowest BCUT2D eigenvalue weighted by Gasteiger charge is -2.04. The van der Waals surface area contributed by atoms with Gasteiger partial charge in [-0.1, -0.05) is 53.8 Å². The van der Waals surface area contributed by atoms with Gasteiger partial charge in [0.1, 0.15) is 0 Å². The maximum absolute atomic E-state index is 12.1. The van der Waals surface area contributed by atoms with Gasteiger partial charge in [-0.05, 0) is 24.1 Å². The van der Waals surface area contributed by atoms with E-state index in [1.54, 1.807) is 36.0 Å². The Hall–Kier alpha value is -0.830. The molecule has 0 amide bonds. The number of aromatic nitrogens is 2. The minimum Gasteiger partial charge on any atom is -0.257 e. The summed E-state index contributed by atoms with van der Waals surface area (Å²) in [4.78, 5) is 0. The van der Waals surface area contributed by atoms with Gasteiger partial charge in [-0.15, -0.1) is 10.2 Å². The molecule has 0 spiro atoms. The summed E-state index contributed by atoms with van der Waals surface area (Å²) in [7, 11) is -3.52. The van der Waals surface area contributed by atoms with E-state index in [0.29, 0.717) is 10.6 Å². The normalized spacial score (nSPS) is 11.5. The van der Waals surface area contributed by atoms with Crippen LogP contribution in [0.3, 0.4) is 0 Å². The predicted octanol–water partition coefficient (Wildman–Crippen LogP) is 3.64. The first kappa shape index (κ1) is 16.5. The van der Waals surface area contributed by atoms with Crippen molar-refractivity contribution in [1.82, 2.24) is 10.2 Å². The molecule has 0 bridgehead atoms. The van der Waals surface area contributed by atoms with Gasteiger partial charge in [0.2, 0.25) is 15.2 Å². The number of hydrogen-bond donors (Lipinski definition) is 1. The van der Waals surface area contributed by atoms with Gasteiger partial charge in [-0.25, -0.2) is 8.42 Å². The summed E-state index contributed by atoms with van der Waals surface area (Å²) >= 11 is 8.65. The molecule has 0 aliphatic heterocycles. The first-order valence-electron chi connectivity index (χ1n) is 6.20. The van der Waals surface area contributed by atoms with Crippen LogP contribution in [0.25, 0.3) is 0 Å². The topological polar surface area (TPSA) is 72.0 Å². The molecule has 1 aromatic carbocycles. The zero-order valence-corrected chi connectivity index (χ0v) is 14.4. The van der Waals surface area contributed by atoms with Crippen LogP contribution in [-0.2, 0) is 15.8 Å². The average molecular weight is 364 g/mol. The highest BCUT2D eigenvalue weighted by molar-refractivity contribution is 8.01. The first-order valence-corrected chi connectivity index (χ1v) is 10.0. The molecule has 1 heterocycles. The fourth-order valence-electron chi connectivity index (χ4n) is 1.51. The summed E-state index contributed by atoms with van der Waals surface area (Å²) in [6.07, 6.45) is 1.03. The van der Waals surface area contributed by atoms with Crippen molar-refractivity contribution < 1.29 is 8.42 Å². The van der Waals surface area contributed by atoms with Crippen molar-refractivity contribution in [3.63, 3.8) is 0 Å². The number of rotatable bonds is 7. The molecule has 0 atom stereocenters. The van der Waals surface area contributed by atoms with Gasteiger partial charge in [0, 0.05) is 10.8 Å². The molecule has 114 valence electrons. The van der Waals surface area contributed by atoms with E-state index in [2.05, 4.69) is 21.8 Å². The highest BCUT2D eigenvalue weighted by Crippen LogP contribution is 2.26. The van der Waals surface area contributed by atoms with Crippen LogP contribution in [0, 0.1) is 0 Å². The minimum atomic E-state index is -3.52. The van der Waals surface area contributed by atoms with Gasteiger partial charge >= 0.3 is 0 Å². The molecular weight excluding hydrogens is 350 g/mol. The maximum atomic E-state index is 12.1. The number of nitrogens with zero attached hydrogens (tertiary/aromatic N) is 2. The number of hydrogen-bond acceptors (Lipinski definition) is 6. The Balaban J connectivity index is 2.02. The minimum absolute atomic E-state index is 0.148. The molecule has 0 unspecified atom stereocenters. The number of thioether (sulfide) groups is 1. The third-order valence-electron chi connectivity index (χ3n) is 2.32. The molecule has 0 aliphatic carbocycles. The van der Waals surface area contributed by atoms with Crippen molar-refractivity contribution in [2.45, 2.75) is 23.4 Å². The lowest BCUT2D eigenvalue weighted by Crippen LogP contribution is -2.14. The molecule has 21 heavy (non-hydrogen) atoms. The highest BCUT2D eigenvalue weighted by Gasteiger charge is 2.15. The van der Waals surface area contributed by atoms with Crippen LogP contribution in [-0.4, -0.2) is 24.4 Å². The molecule has 2 rings (SSSR count). The Labute approximate surface area is 137 Å². The first-order chi connectivity index (χ1) is 9.98. The Bertz CT molecular complexity index is 703. The maximum Gasteiger partial charge on any atom is 0.238 e. The fraction of sp³-hybridized carbons (Fsp3) is 0.333. The van der Waals surface area contributed by atoms with E-state index in [0.717, 1.165) is 16.5 Å². The second-order valence-electron chi connectivity index (χ2n) is 4.21. The predicted molar refractivity (Wildman–Crippen MR) is 88.6 cm³/mol. The number of halogens is 1. The second-order valence-corrected chi connectivity index (χ2v) is 8.69. The zero-order chi connectivity index (χ0) is 15.3. The third kappa shape index (κ3) is 5.46. The number of nitrogens with one attached hydrogen (secondary N) is 1. The lowest BCUT2D eigenvalue weighted by molar-refractivity contribution is 0.600. The Kier molecular flexibility index (Phi) is 5.86. The Morgan fingerprint density at radius 3 is 2.90 bits per heavy atom. The van der Waals surface area contributed by atoms with E-state index in [-0.39, 0.29) is 10.9 Å². The van der Waals surface area contributed by atoms with Crippen LogP contribution in [0.2, 0.25) is 5.02 Å². The molecule has 9 heteroatoms. The summed E-state index contributed by atoms with van der Waals surface area (Å²) in [5.41, 5.74) is 0.625. The number of sulfonamides is 1. The quantitative estimate of drug-likeness (QED) is 0.760. The van der Waals surface area contributed by atoms with Crippen LogP contribution in [0.1, 0.15) is 18.9 Å². The molecule has 1 N–H and O–H groups in total. The Morgan fingerprint density at radius 1 is 1.38 bits per heavy atom. The summed E-state index contributed by atoms with van der Waals surface area (Å²) in [6, 6.07) is 6.77. The van der Waals surface area contributed by atoms with Crippen LogP contribution in [0.15, 0.2) is 28.6 Å². The van der Waals surface area contributed by atoms with E-state index in [1.165, 1.54) is 11.3 Å². The molecule has 0 saturated carbocycles. The zero-order valence-electron chi connectivity index (χ0n) is 11.2. The van der Waals surface area contributed by atoms with Crippen molar-refractivity contribution in [2.24, 2.45) is 0 Å². The van der Waals surface area contributed by atoms with Gasteiger partial charge in [-0.2, -0.15) is 0 Å².